The molecule has 122 valence electrons. The number of aryl methyl sites for hydroxylation is 1. The molecule has 1 heterocycles. The predicted octanol–water partition coefficient (Wildman–Crippen LogP) is 3.66. The van der Waals surface area contributed by atoms with Gasteiger partial charge in [-0.05, 0) is 42.3 Å². The van der Waals surface area contributed by atoms with Crippen LogP contribution in [0, 0.1) is 0 Å². The van der Waals surface area contributed by atoms with Crippen LogP contribution in [0.5, 0.6) is 5.75 Å². The van der Waals surface area contributed by atoms with Gasteiger partial charge in [0, 0.05) is 29.7 Å². The van der Waals surface area contributed by atoms with E-state index in [-0.39, 0.29) is 11.9 Å². The number of ether oxygens (including phenoxy) is 1. The standard InChI is InChI=1S/C19H18N2O3/c1-13(22)21-15-7-9-16(10-8-15)24-19(23)11-6-14-12-20-18-5-3-2-4-17(14)18/h2-5,7-10,12,20H,6,11H2,1H3,(H,21,22). The smallest absolute Gasteiger partial charge is 0.311 e. The fourth-order valence-corrected chi connectivity index (χ4v) is 2.57. The molecule has 1 aromatic heterocycles. The van der Waals surface area contributed by atoms with Gasteiger partial charge in [-0.2, -0.15) is 0 Å². The lowest BCUT2D eigenvalue weighted by Crippen LogP contribution is -2.09. The Hall–Kier alpha value is -3.08. The van der Waals surface area contributed by atoms with Gasteiger partial charge < -0.3 is 15.0 Å². The van der Waals surface area contributed by atoms with E-state index in [1.165, 1.54) is 6.92 Å². The zero-order valence-electron chi connectivity index (χ0n) is 13.3. The van der Waals surface area contributed by atoms with Gasteiger partial charge in [-0.15, -0.1) is 0 Å². The molecule has 5 nitrogen and oxygen atoms in total. The van der Waals surface area contributed by atoms with E-state index < -0.39 is 0 Å². The predicted molar refractivity (Wildman–Crippen MR) is 93.0 cm³/mol. The summed E-state index contributed by atoms with van der Waals surface area (Å²) in [7, 11) is 0. The number of aromatic nitrogens is 1. The molecule has 0 atom stereocenters. The van der Waals surface area contributed by atoms with Crippen molar-refractivity contribution in [2.24, 2.45) is 0 Å². The summed E-state index contributed by atoms with van der Waals surface area (Å²) in [6, 6.07) is 14.7. The number of hydrogen-bond donors (Lipinski definition) is 2. The van der Waals surface area contributed by atoms with E-state index in [4.69, 9.17) is 4.74 Å². The Balaban J connectivity index is 1.56. The number of fused-ring (bicyclic) bond motifs is 1. The van der Waals surface area contributed by atoms with Crippen LogP contribution in [0.15, 0.2) is 54.7 Å². The van der Waals surface area contributed by atoms with Gasteiger partial charge in [0.05, 0.1) is 6.42 Å². The summed E-state index contributed by atoms with van der Waals surface area (Å²) < 4.78 is 5.32. The van der Waals surface area contributed by atoms with E-state index in [9.17, 15) is 9.59 Å². The van der Waals surface area contributed by atoms with Crippen molar-refractivity contribution in [1.82, 2.24) is 4.98 Å². The van der Waals surface area contributed by atoms with Crippen molar-refractivity contribution >= 4 is 28.5 Å². The molecule has 0 radical (unpaired) electrons. The van der Waals surface area contributed by atoms with E-state index in [0.29, 0.717) is 24.3 Å². The molecule has 0 aliphatic rings. The van der Waals surface area contributed by atoms with Crippen LogP contribution < -0.4 is 10.1 Å². The Morgan fingerprint density at radius 1 is 1.08 bits per heavy atom. The number of rotatable bonds is 5. The highest BCUT2D eigenvalue weighted by atomic mass is 16.5. The number of benzene rings is 2. The summed E-state index contributed by atoms with van der Waals surface area (Å²) in [5.41, 5.74) is 2.83. The molecule has 1 amide bonds. The Kier molecular flexibility index (Phi) is 4.61. The molecule has 2 aromatic carbocycles. The third-order valence-electron chi connectivity index (χ3n) is 3.68. The number of H-pyrrole nitrogens is 1. The highest BCUT2D eigenvalue weighted by molar-refractivity contribution is 5.88. The number of amides is 1. The van der Waals surface area contributed by atoms with Crippen molar-refractivity contribution in [2.45, 2.75) is 19.8 Å². The van der Waals surface area contributed by atoms with Crippen LogP contribution in [0.2, 0.25) is 0 Å². The quantitative estimate of drug-likeness (QED) is 0.556. The number of hydrogen-bond acceptors (Lipinski definition) is 3. The second-order valence-electron chi connectivity index (χ2n) is 5.54. The zero-order valence-corrected chi connectivity index (χ0v) is 13.3. The SMILES string of the molecule is CC(=O)Nc1ccc(OC(=O)CCc2c[nH]c3ccccc23)cc1. The number of anilines is 1. The molecule has 0 aliphatic heterocycles. The van der Waals surface area contributed by atoms with Crippen molar-refractivity contribution < 1.29 is 14.3 Å². The van der Waals surface area contributed by atoms with Gasteiger partial charge in [0.2, 0.25) is 5.91 Å². The summed E-state index contributed by atoms with van der Waals surface area (Å²) in [6.45, 7) is 1.44. The molecule has 2 N–H and O–H groups in total. The van der Waals surface area contributed by atoms with E-state index in [1.807, 2.05) is 30.5 Å². The summed E-state index contributed by atoms with van der Waals surface area (Å²) >= 11 is 0. The highest BCUT2D eigenvalue weighted by Gasteiger charge is 2.09. The van der Waals surface area contributed by atoms with Crippen molar-refractivity contribution in [3.8, 4) is 5.75 Å². The van der Waals surface area contributed by atoms with Gasteiger partial charge in [-0.25, -0.2) is 0 Å². The molecule has 24 heavy (non-hydrogen) atoms. The van der Waals surface area contributed by atoms with Crippen LogP contribution in [-0.4, -0.2) is 16.9 Å². The lowest BCUT2D eigenvalue weighted by molar-refractivity contribution is -0.134. The first-order valence-corrected chi connectivity index (χ1v) is 7.75. The molecule has 0 fully saturated rings. The number of nitrogens with one attached hydrogen (secondary N) is 2. The minimum atomic E-state index is -0.285. The third-order valence-corrected chi connectivity index (χ3v) is 3.68. The maximum absolute atomic E-state index is 12.0. The Labute approximate surface area is 139 Å². The van der Waals surface area contributed by atoms with Crippen molar-refractivity contribution in [1.29, 1.82) is 0 Å². The Morgan fingerprint density at radius 2 is 1.83 bits per heavy atom. The lowest BCUT2D eigenvalue weighted by atomic mass is 10.1. The molecule has 0 bridgehead atoms. The molecule has 0 unspecified atom stereocenters. The maximum atomic E-state index is 12.0. The van der Waals surface area contributed by atoms with E-state index in [0.717, 1.165) is 16.5 Å². The lowest BCUT2D eigenvalue weighted by Gasteiger charge is -2.06. The van der Waals surface area contributed by atoms with Crippen molar-refractivity contribution in [3.63, 3.8) is 0 Å². The number of carbonyl (C=O) groups excluding carboxylic acids is 2. The summed E-state index contributed by atoms with van der Waals surface area (Å²) in [5, 5.41) is 3.79. The van der Waals surface area contributed by atoms with Crippen molar-refractivity contribution in [2.75, 3.05) is 5.32 Å². The van der Waals surface area contributed by atoms with E-state index >= 15 is 0 Å². The summed E-state index contributed by atoms with van der Waals surface area (Å²) in [5.74, 6) is 0.0408. The van der Waals surface area contributed by atoms with Crippen LogP contribution in [0.25, 0.3) is 10.9 Å². The Morgan fingerprint density at radius 3 is 2.58 bits per heavy atom. The number of carbonyl (C=O) groups is 2. The Bertz CT molecular complexity index is 866. The first-order chi connectivity index (χ1) is 11.6. The fourth-order valence-electron chi connectivity index (χ4n) is 2.57. The monoisotopic (exact) mass is 322 g/mol. The van der Waals surface area contributed by atoms with Gasteiger partial charge in [0.1, 0.15) is 5.75 Å². The van der Waals surface area contributed by atoms with Crippen LogP contribution in [-0.2, 0) is 16.0 Å². The molecular formula is C19H18N2O3. The molecule has 0 aliphatic carbocycles. The van der Waals surface area contributed by atoms with Gasteiger partial charge in [0.25, 0.3) is 0 Å². The van der Waals surface area contributed by atoms with Gasteiger partial charge in [-0.1, -0.05) is 18.2 Å². The van der Waals surface area contributed by atoms with Gasteiger partial charge in [0.15, 0.2) is 0 Å². The second-order valence-corrected chi connectivity index (χ2v) is 5.54. The highest BCUT2D eigenvalue weighted by Crippen LogP contribution is 2.20. The van der Waals surface area contributed by atoms with Crippen LogP contribution in [0.1, 0.15) is 18.9 Å². The topological polar surface area (TPSA) is 71.2 Å². The first kappa shape index (κ1) is 15.8. The van der Waals surface area contributed by atoms with Crippen LogP contribution >= 0.6 is 0 Å². The van der Waals surface area contributed by atoms with Crippen molar-refractivity contribution in [3.05, 3.63) is 60.3 Å². The van der Waals surface area contributed by atoms with E-state index in [1.54, 1.807) is 24.3 Å². The molecular weight excluding hydrogens is 304 g/mol. The third kappa shape index (κ3) is 3.81. The number of esters is 1. The average molecular weight is 322 g/mol. The summed E-state index contributed by atoms with van der Waals surface area (Å²) in [6.07, 6.45) is 2.85. The molecule has 3 rings (SSSR count). The second kappa shape index (κ2) is 7.00. The molecule has 3 aromatic rings. The largest absolute Gasteiger partial charge is 0.427 e. The van der Waals surface area contributed by atoms with Gasteiger partial charge in [-0.3, -0.25) is 9.59 Å². The van der Waals surface area contributed by atoms with E-state index in [2.05, 4.69) is 10.3 Å². The molecule has 0 saturated heterocycles. The molecule has 0 spiro atoms. The maximum Gasteiger partial charge on any atom is 0.311 e. The average Bonchev–Trinajstić information content (AvgIpc) is 2.98. The van der Waals surface area contributed by atoms with Crippen LogP contribution in [0.4, 0.5) is 5.69 Å². The first-order valence-electron chi connectivity index (χ1n) is 7.75. The van der Waals surface area contributed by atoms with Crippen LogP contribution in [0.3, 0.4) is 0 Å². The number of aromatic amines is 1. The number of para-hydroxylation sites is 1. The molecule has 0 saturated carbocycles. The summed E-state index contributed by atoms with van der Waals surface area (Å²) in [4.78, 5) is 26.2. The normalized spacial score (nSPS) is 10.5. The fraction of sp³-hybridized carbons (Fsp3) is 0.158. The zero-order chi connectivity index (χ0) is 16.9. The minimum absolute atomic E-state index is 0.140. The molecule has 5 heteroatoms. The minimum Gasteiger partial charge on any atom is -0.427 e. The van der Waals surface area contributed by atoms with Gasteiger partial charge >= 0.3 is 5.97 Å².